The van der Waals surface area contributed by atoms with E-state index in [2.05, 4.69) is 40.0 Å². The molecule has 0 spiro atoms. The fourth-order valence-corrected chi connectivity index (χ4v) is 2.99. The predicted molar refractivity (Wildman–Crippen MR) is 135 cm³/mol. The lowest BCUT2D eigenvalue weighted by atomic mass is 10.1. The van der Waals surface area contributed by atoms with Gasteiger partial charge in [-0.3, -0.25) is 4.79 Å². The zero-order valence-electron chi connectivity index (χ0n) is 17.9. The predicted octanol–water partition coefficient (Wildman–Crippen LogP) is 4.39. The maximum Gasteiger partial charge on any atom is 0.251 e. The first kappa shape index (κ1) is 24.5. The standard InChI is InChI=1S/C24H28N4O2.HI/c1-3-25-24(28-16-21-10-5-4-8-18(21)2)27-15-19-9-6-11-20(14-19)23(29)26-17-22-12-7-13-30-22;/h4-14H,3,15-17H2,1-2H3,(H,26,29)(H2,25,27,28);1H. The van der Waals surface area contributed by atoms with E-state index in [4.69, 9.17) is 4.42 Å². The van der Waals surface area contributed by atoms with Crippen LogP contribution in [0.2, 0.25) is 0 Å². The number of rotatable bonds is 8. The van der Waals surface area contributed by atoms with Gasteiger partial charge in [0, 0.05) is 18.7 Å². The maximum absolute atomic E-state index is 12.4. The summed E-state index contributed by atoms with van der Waals surface area (Å²) in [4.78, 5) is 17.1. The average Bonchev–Trinajstić information content (AvgIpc) is 3.29. The van der Waals surface area contributed by atoms with Gasteiger partial charge in [0.1, 0.15) is 5.76 Å². The van der Waals surface area contributed by atoms with Crippen molar-refractivity contribution >= 4 is 35.8 Å². The number of benzene rings is 2. The Hall–Kier alpha value is -2.81. The summed E-state index contributed by atoms with van der Waals surface area (Å²) in [5.41, 5.74) is 4.05. The molecule has 0 aliphatic heterocycles. The number of aliphatic imine (C=N–C) groups is 1. The first-order chi connectivity index (χ1) is 14.7. The van der Waals surface area contributed by atoms with Gasteiger partial charge in [-0.15, -0.1) is 24.0 Å². The van der Waals surface area contributed by atoms with Crippen molar-refractivity contribution in [2.45, 2.75) is 33.5 Å². The second kappa shape index (κ2) is 12.8. The van der Waals surface area contributed by atoms with Crippen LogP contribution in [-0.4, -0.2) is 18.4 Å². The van der Waals surface area contributed by atoms with E-state index < -0.39 is 0 Å². The number of carbonyl (C=O) groups is 1. The minimum atomic E-state index is -0.137. The molecule has 164 valence electrons. The van der Waals surface area contributed by atoms with Gasteiger partial charge < -0.3 is 20.4 Å². The molecular formula is C24H29IN4O2. The lowest BCUT2D eigenvalue weighted by Crippen LogP contribution is -2.36. The molecule has 0 atom stereocenters. The van der Waals surface area contributed by atoms with Crippen LogP contribution in [0.1, 0.15) is 39.7 Å². The van der Waals surface area contributed by atoms with E-state index in [0.29, 0.717) is 25.2 Å². The SMILES string of the molecule is CCNC(=NCc1cccc(C(=O)NCc2ccco2)c1)NCc1ccccc1C.I. The number of carbonyl (C=O) groups excluding carboxylic acids is 1. The molecule has 0 saturated carbocycles. The van der Waals surface area contributed by atoms with Crippen molar-refractivity contribution in [3.8, 4) is 0 Å². The summed E-state index contributed by atoms with van der Waals surface area (Å²) in [6.07, 6.45) is 1.59. The summed E-state index contributed by atoms with van der Waals surface area (Å²) in [6, 6.07) is 19.4. The molecular weight excluding hydrogens is 503 g/mol. The third-order valence-electron chi connectivity index (χ3n) is 4.66. The smallest absolute Gasteiger partial charge is 0.251 e. The quantitative estimate of drug-likeness (QED) is 0.229. The Morgan fingerprint density at radius 2 is 1.81 bits per heavy atom. The summed E-state index contributed by atoms with van der Waals surface area (Å²) < 4.78 is 5.25. The first-order valence-electron chi connectivity index (χ1n) is 10.1. The molecule has 0 aliphatic rings. The number of guanidine groups is 1. The summed E-state index contributed by atoms with van der Waals surface area (Å²) in [6.45, 7) is 6.45. The normalized spacial score (nSPS) is 10.8. The Morgan fingerprint density at radius 1 is 0.968 bits per heavy atom. The van der Waals surface area contributed by atoms with Gasteiger partial charge in [-0.25, -0.2) is 4.99 Å². The van der Waals surface area contributed by atoms with Crippen LogP contribution >= 0.6 is 24.0 Å². The number of aryl methyl sites for hydroxylation is 1. The lowest BCUT2D eigenvalue weighted by Gasteiger charge is -2.13. The number of hydrogen-bond acceptors (Lipinski definition) is 3. The first-order valence-corrected chi connectivity index (χ1v) is 10.1. The average molecular weight is 532 g/mol. The summed E-state index contributed by atoms with van der Waals surface area (Å²) in [5.74, 6) is 1.33. The van der Waals surface area contributed by atoms with Crippen LogP contribution in [0.5, 0.6) is 0 Å². The molecule has 1 aromatic heterocycles. The molecule has 6 nitrogen and oxygen atoms in total. The number of nitrogens with zero attached hydrogens (tertiary/aromatic N) is 1. The molecule has 0 aliphatic carbocycles. The van der Waals surface area contributed by atoms with Gasteiger partial charge in [0.15, 0.2) is 5.96 Å². The fraction of sp³-hybridized carbons (Fsp3) is 0.250. The van der Waals surface area contributed by atoms with Crippen LogP contribution in [-0.2, 0) is 19.6 Å². The Morgan fingerprint density at radius 3 is 2.55 bits per heavy atom. The number of halogens is 1. The highest BCUT2D eigenvalue weighted by atomic mass is 127. The van der Waals surface area contributed by atoms with Crippen molar-refractivity contribution in [1.29, 1.82) is 0 Å². The topological polar surface area (TPSA) is 78.7 Å². The minimum Gasteiger partial charge on any atom is -0.467 e. The van der Waals surface area contributed by atoms with Gasteiger partial charge in [-0.2, -0.15) is 0 Å². The highest BCUT2D eigenvalue weighted by Crippen LogP contribution is 2.09. The zero-order chi connectivity index (χ0) is 21.2. The molecule has 1 amide bonds. The molecule has 3 rings (SSSR count). The van der Waals surface area contributed by atoms with E-state index >= 15 is 0 Å². The van der Waals surface area contributed by atoms with Gasteiger partial charge in [0.2, 0.25) is 0 Å². The number of nitrogens with one attached hydrogen (secondary N) is 3. The van der Waals surface area contributed by atoms with Gasteiger partial charge >= 0.3 is 0 Å². The second-order valence-electron chi connectivity index (χ2n) is 6.94. The molecule has 0 radical (unpaired) electrons. The fourth-order valence-electron chi connectivity index (χ4n) is 2.99. The summed E-state index contributed by atoms with van der Waals surface area (Å²) >= 11 is 0. The van der Waals surface area contributed by atoms with Crippen LogP contribution in [0.4, 0.5) is 0 Å². The van der Waals surface area contributed by atoms with Crippen LogP contribution in [0.25, 0.3) is 0 Å². The monoisotopic (exact) mass is 532 g/mol. The highest BCUT2D eigenvalue weighted by molar-refractivity contribution is 14.0. The van der Waals surface area contributed by atoms with E-state index in [0.717, 1.165) is 23.8 Å². The molecule has 3 N–H and O–H groups in total. The molecule has 0 bridgehead atoms. The molecule has 1 heterocycles. The largest absolute Gasteiger partial charge is 0.467 e. The molecule has 7 heteroatoms. The molecule has 2 aromatic carbocycles. The number of amides is 1. The number of hydrogen-bond donors (Lipinski definition) is 3. The summed E-state index contributed by atoms with van der Waals surface area (Å²) in [7, 11) is 0. The maximum atomic E-state index is 12.4. The van der Waals surface area contributed by atoms with E-state index in [1.54, 1.807) is 18.4 Å². The Bertz CT molecular complexity index is 987. The lowest BCUT2D eigenvalue weighted by molar-refractivity contribution is 0.0948. The van der Waals surface area contributed by atoms with Gasteiger partial charge in [0.05, 0.1) is 19.4 Å². The van der Waals surface area contributed by atoms with E-state index in [1.807, 2.05) is 43.3 Å². The van der Waals surface area contributed by atoms with Crippen molar-refractivity contribution in [3.05, 3.63) is 94.9 Å². The van der Waals surface area contributed by atoms with Crippen molar-refractivity contribution in [2.24, 2.45) is 4.99 Å². The number of furan rings is 1. The van der Waals surface area contributed by atoms with Crippen molar-refractivity contribution < 1.29 is 9.21 Å². The molecule has 0 fully saturated rings. The van der Waals surface area contributed by atoms with Crippen molar-refractivity contribution in [3.63, 3.8) is 0 Å². The minimum absolute atomic E-state index is 0. The van der Waals surface area contributed by atoms with Crippen LogP contribution in [0, 0.1) is 6.92 Å². The Balaban J connectivity index is 0.00000341. The van der Waals surface area contributed by atoms with Crippen LogP contribution in [0.3, 0.4) is 0 Å². The third kappa shape index (κ3) is 7.75. The van der Waals surface area contributed by atoms with Crippen molar-refractivity contribution in [1.82, 2.24) is 16.0 Å². The van der Waals surface area contributed by atoms with E-state index in [1.165, 1.54) is 11.1 Å². The zero-order valence-corrected chi connectivity index (χ0v) is 20.2. The highest BCUT2D eigenvalue weighted by Gasteiger charge is 2.07. The molecule has 3 aromatic rings. The van der Waals surface area contributed by atoms with Crippen LogP contribution < -0.4 is 16.0 Å². The van der Waals surface area contributed by atoms with E-state index in [9.17, 15) is 4.79 Å². The van der Waals surface area contributed by atoms with Gasteiger partial charge in [-0.1, -0.05) is 36.4 Å². The summed E-state index contributed by atoms with van der Waals surface area (Å²) in [5, 5.41) is 9.50. The van der Waals surface area contributed by atoms with E-state index in [-0.39, 0.29) is 29.9 Å². The second-order valence-corrected chi connectivity index (χ2v) is 6.94. The molecule has 0 unspecified atom stereocenters. The molecule has 0 saturated heterocycles. The Kier molecular flexibility index (Phi) is 10.1. The third-order valence-corrected chi connectivity index (χ3v) is 4.66. The molecule has 31 heavy (non-hydrogen) atoms. The Labute approximate surface area is 200 Å². The van der Waals surface area contributed by atoms with Gasteiger partial charge in [-0.05, 0) is 54.8 Å². The van der Waals surface area contributed by atoms with Crippen molar-refractivity contribution in [2.75, 3.05) is 6.54 Å². The van der Waals surface area contributed by atoms with Crippen LogP contribution in [0.15, 0.2) is 76.3 Å². The van der Waals surface area contributed by atoms with Gasteiger partial charge in [0.25, 0.3) is 5.91 Å².